The average Bonchev–Trinajstić information content (AvgIpc) is 2.72. The summed E-state index contributed by atoms with van der Waals surface area (Å²) in [5, 5.41) is 7.25. The Morgan fingerprint density at radius 1 is 1.35 bits per heavy atom. The summed E-state index contributed by atoms with van der Waals surface area (Å²) in [4.78, 5) is -0.680. The number of rotatable bonds is 4. The Morgan fingerprint density at radius 3 is 2.40 bits per heavy atom. The Balaban J connectivity index is 2.27. The van der Waals surface area contributed by atoms with Gasteiger partial charge in [-0.05, 0) is 12.1 Å². The lowest BCUT2D eigenvalue weighted by molar-refractivity contribution is 0.261. The SMILES string of the molecule is Cn1cnnc1COc1c(F)cc(S(=O)(=O)Cl)cc1F. The van der Waals surface area contributed by atoms with Gasteiger partial charge in [0.1, 0.15) is 12.9 Å². The van der Waals surface area contributed by atoms with Gasteiger partial charge in [-0.2, -0.15) is 0 Å². The zero-order valence-electron chi connectivity index (χ0n) is 10.0. The molecule has 6 nitrogen and oxygen atoms in total. The third-order valence-corrected chi connectivity index (χ3v) is 3.74. The first-order chi connectivity index (χ1) is 9.29. The number of hydrogen-bond acceptors (Lipinski definition) is 5. The lowest BCUT2D eigenvalue weighted by Gasteiger charge is -2.08. The minimum Gasteiger partial charge on any atom is -0.479 e. The molecular formula is C10H8ClF2N3O3S. The zero-order valence-corrected chi connectivity index (χ0v) is 11.6. The zero-order chi connectivity index (χ0) is 14.9. The third-order valence-electron chi connectivity index (χ3n) is 2.40. The van der Waals surface area contributed by atoms with Gasteiger partial charge in [0.2, 0.25) is 0 Å². The summed E-state index contributed by atoms with van der Waals surface area (Å²) >= 11 is 0. The lowest BCUT2D eigenvalue weighted by Crippen LogP contribution is -2.06. The molecule has 0 aliphatic rings. The minimum atomic E-state index is -4.22. The van der Waals surface area contributed by atoms with Crippen LogP contribution in [0.1, 0.15) is 5.82 Å². The van der Waals surface area contributed by atoms with Gasteiger partial charge in [0, 0.05) is 17.7 Å². The van der Waals surface area contributed by atoms with E-state index in [0.717, 1.165) is 0 Å². The van der Waals surface area contributed by atoms with Gasteiger partial charge in [-0.25, -0.2) is 17.2 Å². The van der Waals surface area contributed by atoms with Gasteiger partial charge >= 0.3 is 0 Å². The summed E-state index contributed by atoms with van der Waals surface area (Å²) in [6.45, 7) is -0.225. The maximum absolute atomic E-state index is 13.6. The van der Waals surface area contributed by atoms with Gasteiger partial charge in [-0.3, -0.25) is 0 Å². The summed E-state index contributed by atoms with van der Waals surface area (Å²) in [6, 6.07) is 1.16. The second kappa shape index (κ2) is 5.33. The van der Waals surface area contributed by atoms with E-state index in [1.54, 1.807) is 7.05 Å². The highest BCUT2D eigenvalue weighted by Crippen LogP contribution is 2.27. The van der Waals surface area contributed by atoms with Crippen molar-refractivity contribution in [1.29, 1.82) is 0 Å². The van der Waals surface area contributed by atoms with Crippen LogP contribution in [0.25, 0.3) is 0 Å². The molecule has 0 spiro atoms. The maximum atomic E-state index is 13.6. The van der Waals surface area contributed by atoms with Gasteiger partial charge in [0.05, 0.1) is 4.90 Å². The largest absolute Gasteiger partial charge is 0.479 e. The molecule has 20 heavy (non-hydrogen) atoms. The summed E-state index contributed by atoms with van der Waals surface area (Å²) in [6.07, 6.45) is 1.40. The van der Waals surface area contributed by atoms with Crippen LogP contribution >= 0.6 is 10.7 Å². The quantitative estimate of drug-likeness (QED) is 0.799. The minimum absolute atomic E-state index is 0.225. The predicted octanol–water partition coefficient (Wildman–Crippen LogP) is 1.60. The Hall–Kier alpha value is -1.74. The number of benzene rings is 1. The molecule has 0 saturated heterocycles. The highest BCUT2D eigenvalue weighted by Gasteiger charge is 2.19. The Morgan fingerprint density at radius 2 is 1.95 bits per heavy atom. The Bertz CT molecular complexity index is 725. The second-order valence-electron chi connectivity index (χ2n) is 3.80. The lowest BCUT2D eigenvalue weighted by atomic mass is 10.3. The Kier molecular flexibility index (Phi) is 3.91. The molecule has 0 aliphatic heterocycles. The summed E-state index contributed by atoms with van der Waals surface area (Å²) in [5.41, 5.74) is 0. The molecule has 0 atom stereocenters. The van der Waals surface area contributed by atoms with E-state index in [1.165, 1.54) is 10.9 Å². The molecule has 0 N–H and O–H groups in total. The number of aryl methyl sites for hydroxylation is 1. The summed E-state index contributed by atoms with van der Waals surface area (Å²) in [7, 11) is 2.42. The van der Waals surface area contributed by atoms with Crippen molar-refractivity contribution in [2.75, 3.05) is 0 Å². The van der Waals surface area contributed by atoms with E-state index in [0.29, 0.717) is 18.0 Å². The van der Waals surface area contributed by atoms with Crippen LogP contribution in [0.15, 0.2) is 23.4 Å². The predicted molar refractivity (Wildman–Crippen MR) is 64.7 cm³/mol. The molecular weight excluding hydrogens is 316 g/mol. The van der Waals surface area contributed by atoms with Crippen LogP contribution in [-0.4, -0.2) is 23.2 Å². The van der Waals surface area contributed by atoms with Crippen LogP contribution < -0.4 is 4.74 Å². The van der Waals surface area contributed by atoms with Crippen molar-refractivity contribution in [2.24, 2.45) is 7.05 Å². The molecule has 2 rings (SSSR count). The summed E-state index contributed by atoms with van der Waals surface area (Å²) < 4.78 is 55.8. The van der Waals surface area contributed by atoms with Gasteiger partial charge in [0.25, 0.3) is 9.05 Å². The topological polar surface area (TPSA) is 74.1 Å². The van der Waals surface area contributed by atoms with Gasteiger partial charge in [-0.15, -0.1) is 10.2 Å². The molecule has 0 aliphatic carbocycles. The number of ether oxygens (including phenoxy) is 1. The molecule has 0 unspecified atom stereocenters. The van der Waals surface area contributed by atoms with E-state index in [-0.39, 0.29) is 6.61 Å². The fraction of sp³-hybridized carbons (Fsp3) is 0.200. The van der Waals surface area contributed by atoms with Crippen LogP contribution in [0.4, 0.5) is 8.78 Å². The van der Waals surface area contributed by atoms with Gasteiger partial charge in [-0.1, -0.05) is 0 Å². The fourth-order valence-corrected chi connectivity index (χ4v) is 2.15. The van der Waals surface area contributed by atoms with Gasteiger partial charge in [0.15, 0.2) is 23.2 Å². The van der Waals surface area contributed by atoms with Crippen molar-refractivity contribution in [3.05, 3.63) is 35.9 Å². The first kappa shape index (κ1) is 14.7. The molecule has 1 aromatic carbocycles. The molecule has 0 bridgehead atoms. The van der Waals surface area contributed by atoms with Crippen LogP contribution in [-0.2, 0) is 22.7 Å². The average molecular weight is 324 g/mol. The number of halogens is 3. The van der Waals surface area contributed by atoms with Crippen LogP contribution in [0.5, 0.6) is 5.75 Å². The molecule has 1 aromatic heterocycles. The van der Waals surface area contributed by atoms with E-state index in [4.69, 9.17) is 15.4 Å². The van der Waals surface area contributed by atoms with Crippen molar-refractivity contribution < 1.29 is 21.9 Å². The van der Waals surface area contributed by atoms with E-state index < -0.39 is 31.3 Å². The van der Waals surface area contributed by atoms with Crippen molar-refractivity contribution in [2.45, 2.75) is 11.5 Å². The first-order valence-corrected chi connectivity index (χ1v) is 7.49. The van der Waals surface area contributed by atoms with Crippen LogP contribution in [0.3, 0.4) is 0 Å². The molecule has 108 valence electrons. The molecule has 0 saturated carbocycles. The van der Waals surface area contributed by atoms with E-state index in [9.17, 15) is 17.2 Å². The van der Waals surface area contributed by atoms with Crippen LogP contribution in [0.2, 0.25) is 0 Å². The smallest absolute Gasteiger partial charge is 0.261 e. The summed E-state index contributed by atoms with van der Waals surface area (Å²) in [5.74, 6) is -2.72. The van der Waals surface area contributed by atoms with Crippen LogP contribution in [0, 0.1) is 11.6 Å². The molecule has 0 fully saturated rings. The van der Waals surface area contributed by atoms with Crippen molar-refractivity contribution in [3.8, 4) is 5.75 Å². The third kappa shape index (κ3) is 3.05. The van der Waals surface area contributed by atoms with E-state index in [2.05, 4.69) is 10.2 Å². The van der Waals surface area contributed by atoms with E-state index >= 15 is 0 Å². The van der Waals surface area contributed by atoms with Crippen molar-refractivity contribution >= 4 is 19.7 Å². The van der Waals surface area contributed by atoms with E-state index in [1.807, 2.05) is 0 Å². The molecule has 10 heteroatoms. The molecule has 1 heterocycles. The highest BCUT2D eigenvalue weighted by atomic mass is 35.7. The number of hydrogen-bond donors (Lipinski definition) is 0. The normalized spacial score (nSPS) is 11.6. The monoisotopic (exact) mass is 323 g/mol. The van der Waals surface area contributed by atoms with Crippen molar-refractivity contribution in [3.63, 3.8) is 0 Å². The second-order valence-corrected chi connectivity index (χ2v) is 6.37. The van der Waals surface area contributed by atoms with Gasteiger partial charge < -0.3 is 9.30 Å². The highest BCUT2D eigenvalue weighted by molar-refractivity contribution is 8.13. The fourth-order valence-electron chi connectivity index (χ4n) is 1.39. The maximum Gasteiger partial charge on any atom is 0.261 e. The standard InChI is InChI=1S/C10H8ClF2N3O3S/c1-16-5-14-15-9(16)4-19-10-7(12)2-6(3-8(10)13)20(11,17)18/h2-3,5H,4H2,1H3. The number of nitrogens with zero attached hydrogens (tertiary/aromatic N) is 3. The number of aromatic nitrogens is 3. The Labute approximate surface area is 117 Å². The molecule has 0 amide bonds. The van der Waals surface area contributed by atoms with Crippen molar-refractivity contribution in [1.82, 2.24) is 14.8 Å². The molecule has 2 aromatic rings. The first-order valence-electron chi connectivity index (χ1n) is 5.18. The molecule has 0 radical (unpaired) electrons.